The van der Waals surface area contributed by atoms with E-state index in [2.05, 4.69) is 11.4 Å². The first kappa shape index (κ1) is 17.6. The summed E-state index contributed by atoms with van der Waals surface area (Å²) in [7, 11) is 0. The van der Waals surface area contributed by atoms with Gasteiger partial charge in [-0.25, -0.2) is 0 Å². The van der Waals surface area contributed by atoms with Crippen LogP contribution >= 0.6 is 11.8 Å². The molecule has 1 unspecified atom stereocenters. The van der Waals surface area contributed by atoms with Crippen molar-refractivity contribution in [2.24, 2.45) is 11.8 Å². The van der Waals surface area contributed by atoms with Gasteiger partial charge in [-0.05, 0) is 31.4 Å². The van der Waals surface area contributed by atoms with Crippen molar-refractivity contribution in [2.45, 2.75) is 32.6 Å². The average molecular weight is 309 g/mol. The van der Waals surface area contributed by atoms with Crippen LogP contribution in [0.3, 0.4) is 0 Å². The molecule has 1 amide bonds. The maximum Gasteiger partial charge on any atom is 0.308 e. The van der Waals surface area contributed by atoms with Gasteiger partial charge in [-0.15, -0.1) is 11.8 Å². The number of hydrogen-bond acceptors (Lipinski definition) is 3. The smallest absolute Gasteiger partial charge is 0.308 e. The number of carbonyl (C=O) groups excluding carboxylic acids is 1. The highest BCUT2D eigenvalue weighted by Gasteiger charge is 2.21. The van der Waals surface area contributed by atoms with E-state index in [1.54, 1.807) is 0 Å². The fourth-order valence-electron chi connectivity index (χ4n) is 1.89. The van der Waals surface area contributed by atoms with E-state index in [9.17, 15) is 9.59 Å². The maximum absolute atomic E-state index is 11.8. The fourth-order valence-corrected chi connectivity index (χ4v) is 2.84. The summed E-state index contributed by atoms with van der Waals surface area (Å²) >= 11 is 1.48. The topological polar surface area (TPSA) is 66.4 Å². The SMILES string of the molecule is Cc1ccc(C)c(SCC(=O)NCC(C(=O)O)C(C)C)c1. The molecule has 0 bridgehead atoms. The molecule has 21 heavy (non-hydrogen) atoms. The molecule has 5 heteroatoms. The molecule has 0 aliphatic heterocycles. The second-order valence-electron chi connectivity index (χ2n) is 5.55. The largest absolute Gasteiger partial charge is 0.481 e. The number of thioether (sulfide) groups is 1. The summed E-state index contributed by atoms with van der Waals surface area (Å²) in [6.07, 6.45) is 0. The van der Waals surface area contributed by atoms with Crippen LogP contribution in [0, 0.1) is 25.7 Å². The molecule has 2 N–H and O–H groups in total. The molecule has 1 aromatic carbocycles. The highest BCUT2D eigenvalue weighted by molar-refractivity contribution is 8.00. The zero-order valence-electron chi connectivity index (χ0n) is 13.0. The molecule has 1 atom stereocenters. The molecule has 1 aromatic rings. The van der Waals surface area contributed by atoms with Crippen molar-refractivity contribution in [3.63, 3.8) is 0 Å². The summed E-state index contributed by atoms with van der Waals surface area (Å²) in [6, 6.07) is 6.13. The van der Waals surface area contributed by atoms with Gasteiger partial charge in [0.05, 0.1) is 11.7 Å². The lowest BCUT2D eigenvalue weighted by molar-refractivity contribution is -0.143. The predicted molar refractivity (Wildman–Crippen MR) is 85.6 cm³/mol. The van der Waals surface area contributed by atoms with Crippen molar-refractivity contribution in [1.29, 1.82) is 0 Å². The molecule has 0 heterocycles. The third kappa shape index (κ3) is 5.79. The van der Waals surface area contributed by atoms with E-state index in [0.717, 1.165) is 16.0 Å². The zero-order valence-corrected chi connectivity index (χ0v) is 13.8. The molecule has 0 radical (unpaired) electrons. The van der Waals surface area contributed by atoms with Gasteiger partial charge < -0.3 is 10.4 Å². The van der Waals surface area contributed by atoms with Crippen molar-refractivity contribution in [3.8, 4) is 0 Å². The van der Waals surface area contributed by atoms with Crippen LogP contribution in [0.5, 0.6) is 0 Å². The summed E-state index contributed by atoms with van der Waals surface area (Å²) in [4.78, 5) is 24.0. The number of rotatable bonds is 7. The van der Waals surface area contributed by atoms with Crippen LogP contribution in [-0.2, 0) is 9.59 Å². The minimum Gasteiger partial charge on any atom is -0.481 e. The van der Waals surface area contributed by atoms with E-state index >= 15 is 0 Å². The highest BCUT2D eigenvalue weighted by Crippen LogP contribution is 2.23. The third-order valence-electron chi connectivity index (χ3n) is 3.34. The van der Waals surface area contributed by atoms with Gasteiger partial charge >= 0.3 is 5.97 Å². The average Bonchev–Trinajstić information content (AvgIpc) is 2.39. The summed E-state index contributed by atoms with van der Waals surface area (Å²) in [5.41, 5.74) is 2.30. The number of aliphatic carboxylic acids is 1. The molecule has 0 aromatic heterocycles. The number of carboxylic acid groups (broad SMARTS) is 1. The van der Waals surface area contributed by atoms with Crippen LogP contribution in [-0.4, -0.2) is 29.3 Å². The van der Waals surface area contributed by atoms with Crippen LogP contribution in [0.15, 0.2) is 23.1 Å². The number of hydrogen-bond donors (Lipinski definition) is 2. The first-order valence-corrected chi connectivity index (χ1v) is 7.99. The Morgan fingerprint density at radius 2 is 1.95 bits per heavy atom. The summed E-state index contributed by atoms with van der Waals surface area (Å²) in [5, 5.41) is 11.8. The van der Waals surface area contributed by atoms with Gasteiger partial charge in [0.1, 0.15) is 0 Å². The van der Waals surface area contributed by atoms with Gasteiger partial charge in [0.2, 0.25) is 5.91 Å². The van der Waals surface area contributed by atoms with Gasteiger partial charge in [0, 0.05) is 11.4 Å². The Labute approximate surface area is 130 Å². The lowest BCUT2D eigenvalue weighted by Crippen LogP contribution is -2.36. The van der Waals surface area contributed by atoms with Crippen molar-refractivity contribution >= 4 is 23.6 Å². The third-order valence-corrected chi connectivity index (χ3v) is 4.50. The van der Waals surface area contributed by atoms with Gasteiger partial charge in [0.15, 0.2) is 0 Å². The van der Waals surface area contributed by atoms with Crippen LogP contribution in [0.25, 0.3) is 0 Å². The standard InChI is InChI=1S/C16H23NO3S/c1-10(2)13(16(19)20)8-17-15(18)9-21-14-7-11(3)5-6-12(14)4/h5-7,10,13H,8-9H2,1-4H3,(H,17,18)(H,19,20). The lowest BCUT2D eigenvalue weighted by atomic mass is 9.96. The van der Waals surface area contributed by atoms with Crippen LogP contribution < -0.4 is 5.32 Å². The molecule has 0 spiro atoms. The second kappa shape index (κ2) is 8.08. The molecule has 4 nitrogen and oxygen atoms in total. The first-order chi connectivity index (χ1) is 9.81. The number of aryl methyl sites for hydroxylation is 2. The van der Waals surface area contributed by atoms with Gasteiger partial charge in [-0.1, -0.05) is 31.5 Å². The van der Waals surface area contributed by atoms with E-state index in [1.165, 1.54) is 11.8 Å². The van der Waals surface area contributed by atoms with E-state index in [1.807, 2.05) is 39.8 Å². The minimum absolute atomic E-state index is 0.00512. The molecule has 0 aliphatic rings. The number of amides is 1. The van der Waals surface area contributed by atoms with Crippen LogP contribution in [0.2, 0.25) is 0 Å². The number of carbonyl (C=O) groups is 2. The molecule has 0 saturated carbocycles. The monoisotopic (exact) mass is 309 g/mol. The van der Waals surface area contributed by atoms with E-state index in [0.29, 0.717) is 5.75 Å². The zero-order chi connectivity index (χ0) is 16.0. The van der Waals surface area contributed by atoms with E-state index < -0.39 is 11.9 Å². The van der Waals surface area contributed by atoms with Gasteiger partial charge in [-0.2, -0.15) is 0 Å². The molecule has 0 saturated heterocycles. The van der Waals surface area contributed by atoms with Crippen molar-refractivity contribution in [1.82, 2.24) is 5.32 Å². The summed E-state index contributed by atoms with van der Waals surface area (Å²) in [5.74, 6) is -1.25. The molecular formula is C16H23NO3S. The normalized spacial score (nSPS) is 12.2. The van der Waals surface area contributed by atoms with Crippen LogP contribution in [0.4, 0.5) is 0 Å². The lowest BCUT2D eigenvalue weighted by Gasteiger charge is -2.16. The van der Waals surface area contributed by atoms with E-state index in [-0.39, 0.29) is 18.4 Å². The Bertz CT molecular complexity index is 514. The Hall–Kier alpha value is -1.49. The quantitative estimate of drug-likeness (QED) is 0.760. The number of nitrogens with one attached hydrogen (secondary N) is 1. The Morgan fingerprint density at radius 3 is 2.52 bits per heavy atom. The number of carboxylic acids is 1. The first-order valence-electron chi connectivity index (χ1n) is 7.00. The Morgan fingerprint density at radius 1 is 1.29 bits per heavy atom. The number of benzene rings is 1. The van der Waals surface area contributed by atoms with Crippen molar-refractivity contribution < 1.29 is 14.7 Å². The predicted octanol–water partition coefficient (Wildman–Crippen LogP) is 2.87. The molecular weight excluding hydrogens is 286 g/mol. The van der Waals surface area contributed by atoms with Crippen molar-refractivity contribution in [3.05, 3.63) is 29.3 Å². The molecule has 116 valence electrons. The maximum atomic E-state index is 11.8. The van der Waals surface area contributed by atoms with E-state index in [4.69, 9.17) is 5.11 Å². The Kier molecular flexibility index (Phi) is 6.75. The highest BCUT2D eigenvalue weighted by atomic mass is 32.2. The molecule has 1 rings (SSSR count). The summed E-state index contributed by atoms with van der Waals surface area (Å²) in [6.45, 7) is 7.90. The van der Waals surface area contributed by atoms with Gasteiger partial charge in [0.25, 0.3) is 0 Å². The summed E-state index contributed by atoms with van der Waals surface area (Å²) < 4.78 is 0. The second-order valence-corrected chi connectivity index (χ2v) is 6.57. The van der Waals surface area contributed by atoms with Crippen molar-refractivity contribution in [2.75, 3.05) is 12.3 Å². The fraction of sp³-hybridized carbons (Fsp3) is 0.500. The van der Waals surface area contributed by atoms with Gasteiger partial charge in [-0.3, -0.25) is 9.59 Å². The van der Waals surface area contributed by atoms with Crippen LogP contribution in [0.1, 0.15) is 25.0 Å². The Balaban J connectivity index is 2.47. The molecule has 0 fully saturated rings. The minimum atomic E-state index is -0.868. The molecule has 0 aliphatic carbocycles.